The van der Waals surface area contributed by atoms with Gasteiger partial charge in [-0.25, -0.2) is 0 Å². The van der Waals surface area contributed by atoms with E-state index >= 15 is 0 Å². The Kier molecular flexibility index (Phi) is 1.81. The van der Waals surface area contributed by atoms with Crippen molar-refractivity contribution in [1.82, 2.24) is 0 Å². The van der Waals surface area contributed by atoms with Crippen LogP contribution in [0.4, 0.5) is 4.20 Å². The maximum absolute atomic E-state index is 10.7. The van der Waals surface area contributed by atoms with Crippen LogP contribution in [0, 0.1) is 6.13 Å². The van der Waals surface area contributed by atoms with Crippen LogP contribution in [0.5, 0.6) is 0 Å². The van der Waals surface area contributed by atoms with Gasteiger partial charge in [0.05, 0.1) is 0 Å². The van der Waals surface area contributed by atoms with E-state index in [-0.39, 0.29) is 0 Å². The molecule has 1 unspecified atom stereocenters. The zero-order valence-corrected chi connectivity index (χ0v) is 3.64. The van der Waals surface area contributed by atoms with E-state index in [0.29, 0.717) is 0 Å². The largest absolute Gasteiger partial charge is 0.176 e. The minimum absolute atomic E-state index is 1.93. The summed E-state index contributed by atoms with van der Waals surface area (Å²) < 4.78 is 10.7. The summed E-state index contributed by atoms with van der Waals surface area (Å²) in [6, 6.07) is 0. The summed E-state index contributed by atoms with van der Waals surface area (Å²) in [6.45, 7) is -1.93. The molecule has 0 fully saturated rings. The normalized spacial score (nSPS) is 10.8. The molecule has 1 atom stereocenters. The zero-order valence-electron chi connectivity index (χ0n) is 1.85. The Hall–Kier alpha value is 0.360. The molecule has 0 amide bonds. The molecule has 0 saturated carbocycles. The highest BCUT2D eigenvalue weighted by Crippen LogP contribution is 2.21. The molecule has 0 bridgehead atoms. The van der Waals surface area contributed by atoms with E-state index in [4.69, 9.17) is 0 Å². The molecule has 0 heterocycles. The maximum atomic E-state index is 10.7. The number of thiol groups is 1. The van der Waals surface area contributed by atoms with Gasteiger partial charge in [0.1, 0.15) is 6.89 Å². The smallest absolute Gasteiger partial charge is 0.131 e. The van der Waals surface area contributed by atoms with Crippen LogP contribution in [0.1, 0.15) is 0 Å². The van der Waals surface area contributed by atoms with E-state index in [1.54, 1.807) is 0 Å². The van der Waals surface area contributed by atoms with E-state index in [0.717, 1.165) is 0 Å². The molecule has 0 aliphatic heterocycles. The Morgan fingerprint density at radius 3 is 2.00 bits per heavy atom. The molecule has 0 aliphatic carbocycles. The van der Waals surface area contributed by atoms with Gasteiger partial charge in [-0.3, -0.25) is 0 Å². The molecule has 0 rings (SSSR count). The first-order chi connectivity index (χ1) is 1.73. The first-order valence-corrected chi connectivity index (χ1v) is 3.08. The van der Waals surface area contributed by atoms with Gasteiger partial charge in [0.15, 0.2) is 0 Å². The lowest BCUT2D eigenvalue weighted by Gasteiger charge is -1.53. The number of halogens is 1. The van der Waals surface area contributed by atoms with Crippen molar-refractivity contribution in [2.24, 2.45) is 0 Å². The first-order valence-electron chi connectivity index (χ1n) is 0.627. The van der Waals surface area contributed by atoms with Crippen LogP contribution in [0.25, 0.3) is 0 Å². The van der Waals surface area contributed by atoms with Crippen molar-refractivity contribution in [2.75, 3.05) is 0 Å². The van der Waals surface area contributed by atoms with E-state index in [1.807, 2.05) is 0 Å². The minimum Gasteiger partial charge on any atom is -0.176 e. The molecule has 3 heteroatoms. The Bertz CT molecular complexity index is 54.2. The Morgan fingerprint density at radius 1 is 2.00 bits per heavy atom. The van der Waals surface area contributed by atoms with E-state index in [1.165, 1.54) is 0 Å². The number of rotatable bonds is 0. The molecule has 0 aromatic heterocycles. The standard InChI is InChI=1S/CH2FPS/c1-3(2)4/h1,4H. The zero-order chi connectivity index (χ0) is 3.58. The molecule has 0 radical (unpaired) electrons. The summed E-state index contributed by atoms with van der Waals surface area (Å²) in [7, 11) is 0. The fourth-order valence-electron chi connectivity index (χ4n) is 0. The van der Waals surface area contributed by atoms with Gasteiger partial charge in [0, 0.05) is 0 Å². The monoisotopic (exact) mass is 96.0 g/mol. The van der Waals surface area contributed by atoms with Crippen LogP contribution in [-0.4, -0.2) is 0 Å². The number of hydrogen-bond acceptors (Lipinski definition) is 1. The summed E-state index contributed by atoms with van der Waals surface area (Å²) in [6.07, 6.45) is 4.37. The van der Waals surface area contributed by atoms with Crippen molar-refractivity contribution < 1.29 is 4.20 Å². The molecule has 0 saturated heterocycles. The highest BCUT2D eigenvalue weighted by atomic mass is 32.7. The van der Waals surface area contributed by atoms with Gasteiger partial charge in [0.2, 0.25) is 0 Å². The average molecular weight is 96.1 g/mol. The predicted octanol–water partition coefficient (Wildman–Crippen LogP) is 1.79. The first kappa shape index (κ1) is 4.36. The van der Waals surface area contributed by atoms with Gasteiger partial charge in [-0.2, -0.15) is 4.20 Å². The quantitative estimate of drug-likeness (QED) is 0.345. The second-order valence-electron chi connectivity index (χ2n) is 0.289. The highest BCUT2D eigenvalue weighted by Gasteiger charge is 1.54. The third-order valence-corrected chi connectivity index (χ3v) is 0. The van der Waals surface area contributed by atoms with Crippen LogP contribution in [-0.2, 0) is 0 Å². The van der Waals surface area contributed by atoms with Crippen molar-refractivity contribution in [1.29, 1.82) is 0 Å². The van der Waals surface area contributed by atoms with Gasteiger partial charge in [-0.05, 0) is 0 Å². The molecule has 24 valence electrons. The van der Waals surface area contributed by atoms with Gasteiger partial charge in [-0.15, -0.1) is 6.13 Å². The second kappa shape index (κ2) is 1.66. The van der Waals surface area contributed by atoms with E-state index < -0.39 is 6.89 Å². The summed E-state index contributed by atoms with van der Waals surface area (Å²) in [5.74, 6) is 0. The Labute approximate surface area is 30.4 Å². The molecular formula is CH2FPS. The predicted molar refractivity (Wildman–Crippen MR) is 22.0 cm³/mol. The van der Waals surface area contributed by atoms with Gasteiger partial charge in [0.25, 0.3) is 0 Å². The lowest BCUT2D eigenvalue weighted by Crippen LogP contribution is -0.904. The fraction of sp³-hybridized carbons (Fsp3) is 0. The summed E-state index contributed by atoms with van der Waals surface area (Å²) in [5, 5.41) is 0. The van der Waals surface area contributed by atoms with Crippen LogP contribution in [0.2, 0.25) is 0 Å². The third-order valence-electron chi connectivity index (χ3n) is 0. The summed E-state index contributed by atoms with van der Waals surface area (Å²) >= 11 is 3.14. The summed E-state index contributed by atoms with van der Waals surface area (Å²) in [4.78, 5) is 0. The molecule has 0 aromatic rings. The third kappa shape index (κ3) is 33.7. The lowest BCUT2D eigenvalue weighted by atomic mass is 12.0. The van der Waals surface area contributed by atoms with E-state index in [2.05, 4.69) is 18.4 Å². The average Bonchev–Trinajstić information content (AvgIpc) is 0.811. The minimum atomic E-state index is -1.93. The van der Waals surface area contributed by atoms with Crippen LogP contribution in [0.15, 0.2) is 0 Å². The van der Waals surface area contributed by atoms with Crippen molar-refractivity contribution in [2.45, 2.75) is 0 Å². The van der Waals surface area contributed by atoms with Gasteiger partial charge < -0.3 is 0 Å². The van der Waals surface area contributed by atoms with Crippen LogP contribution >= 0.6 is 19.1 Å². The maximum Gasteiger partial charge on any atom is 0.131 e. The van der Waals surface area contributed by atoms with Crippen LogP contribution < -0.4 is 0 Å². The fourth-order valence-corrected chi connectivity index (χ4v) is 0. The molecule has 0 aliphatic rings. The summed E-state index contributed by atoms with van der Waals surface area (Å²) in [5.41, 5.74) is 0. The molecule has 0 N–H and O–H groups in total. The van der Waals surface area contributed by atoms with Gasteiger partial charge in [-0.1, -0.05) is 12.2 Å². The lowest BCUT2D eigenvalue weighted by molar-refractivity contribution is 0.933. The molecule has 0 spiro atoms. The van der Waals surface area contributed by atoms with E-state index in [9.17, 15) is 4.20 Å². The molecule has 0 nitrogen and oxygen atoms in total. The topological polar surface area (TPSA) is 0 Å². The number of hydrogen-bond donors (Lipinski definition) is 1. The van der Waals surface area contributed by atoms with Crippen molar-refractivity contribution in [3.05, 3.63) is 0 Å². The SMILES string of the molecule is C#P(F)S. The van der Waals surface area contributed by atoms with Crippen LogP contribution in [0.3, 0.4) is 0 Å². The van der Waals surface area contributed by atoms with Crippen molar-refractivity contribution in [3.63, 3.8) is 0 Å². The molecule has 4 heavy (non-hydrogen) atoms. The Morgan fingerprint density at radius 2 is 2.00 bits per heavy atom. The van der Waals surface area contributed by atoms with Gasteiger partial charge >= 0.3 is 0 Å². The highest BCUT2D eigenvalue weighted by molar-refractivity contribution is 8.39. The van der Waals surface area contributed by atoms with Crippen molar-refractivity contribution >= 4 is 19.1 Å². The molecular weight excluding hydrogens is 94.1 g/mol. The second-order valence-corrected chi connectivity index (χ2v) is 2.01. The Balaban J connectivity index is 3.02. The molecule has 0 aromatic carbocycles. The van der Waals surface area contributed by atoms with Crippen molar-refractivity contribution in [3.8, 4) is 6.13 Å².